The largest absolute Gasteiger partial charge is 0.493 e. The molecule has 0 radical (unpaired) electrons. The molecule has 90 valence electrons. The van der Waals surface area contributed by atoms with Gasteiger partial charge in [-0.3, -0.25) is 4.98 Å². The molecule has 1 aliphatic rings. The van der Waals surface area contributed by atoms with Gasteiger partial charge in [-0.2, -0.15) is 5.26 Å². The van der Waals surface area contributed by atoms with Gasteiger partial charge in [0.15, 0.2) is 0 Å². The summed E-state index contributed by atoms with van der Waals surface area (Å²) in [5.74, 6) is 0.838. The van der Waals surface area contributed by atoms with Gasteiger partial charge in [-0.05, 0) is 31.0 Å². The van der Waals surface area contributed by atoms with Crippen molar-refractivity contribution in [1.29, 1.82) is 5.26 Å². The molecule has 3 nitrogen and oxygen atoms in total. The van der Waals surface area contributed by atoms with Crippen LogP contribution in [0.3, 0.4) is 0 Å². The molecule has 2 aromatic rings. The van der Waals surface area contributed by atoms with Gasteiger partial charge in [0, 0.05) is 29.5 Å². The number of ether oxygens (including phenoxy) is 1. The third-order valence-corrected chi connectivity index (χ3v) is 3.53. The Bertz CT molecular complexity index is 611. The second-order valence-electron chi connectivity index (χ2n) is 4.98. The zero-order valence-corrected chi connectivity index (χ0v) is 10.1. The lowest BCUT2D eigenvalue weighted by Gasteiger charge is -2.13. The molecule has 1 aliphatic carbocycles. The molecule has 0 amide bonds. The molecule has 0 spiro atoms. The Hall–Kier alpha value is -2.08. The van der Waals surface area contributed by atoms with Crippen LogP contribution in [0.5, 0.6) is 5.75 Å². The lowest BCUT2D eigenvalue weighted by molar-refractivity contribution is 0.237. The summed E-state index contributed by atoms with van der Waals surface area (Å²) in [5, 5.41) is 9.88. The minimum absolute atomic E-state index is 0.119. The van der Waals surface area contributed by atoms with E-state index in [0.29, 0.717) is 13.0 Å². The number of hydrogen-bond acceptors (Lipinski definition) is 3. The van der Waals surface area contributed by atoms with Gasteiger partial charge >= 0.3 is 0 Å². The maximum atomic E-state index is 8.76. The Morgan fingerprint density at radius 2 is 2.22 bits per heavy atom. The van der Waals surface area contributed by atoms with Gasteiger partial charge in [0.05, 0.1) is 18.2 Å². The summed E-state index contributed by atoms with van der Waals surface area (Å²) >= 11 is 0. The number of aromatic nitrogens is 1. The van der Waals surface area contributed by atoms with Gasteiger partial charge in [-0.25, -0.2) is 0 Å². The van der Waals surface area contributed by atoms with E-state index in [0.717, 1.165) is 29.5 Å². The van der Waals surface area contributed by atoms with Crippen molar-refractivity contribution in [2.45, 2.75) is 19.3 Å². The quantitative estimate of drug-likeness (QED) is 0.820. The molecule has 1 saturated carbocycles. The molecule has 1 aromatic heterocycles. The van der Waals surface area contributed by atoms with Crippen LogP contribution >= 0.6 is 0 Å². The zero-order chi connectivity index (χ0) is 12.4. The Labute approximate surface area is 106 Å². The van der Waals surface area contributed by atoms with E-state index in [1.54, 1.807) is 6.20 Å². The molecule has 0 N–H and O–H groups in total. The fraction of sp³-hybridized carbons (Fsp3) is 0.333. The van der Waals surface area contributed by atoms with Crippen LogP contribution in [0.25, 0.3) is 10.9 Å². The predicted octanol–water partition coefficient (Wildman–Crippen LogP) is 3.31. The Morgan fingerprint density at radius 3 is 3.00 bits per heavy atom. The van der Waals surface area contributed by atoms with Crippen molar-refractivity contribution < 1.29 is 4.74 Å². The highest BCUT2D eigenvalue weighted by Gasteiger charge is 2.43. The average molecular weight is 238 g/mol. The maximum absolute atomic E-state index is 8.76. The van der Waals surface area contributed by atoms with Crippen LogP contribution in [-0.2, 0) is 0 Å². The summed E-state index contributed by atoms with van der Waals surface area (Å²) < 4.78 is 5.80. The molecular weight excluding hydrogens is 224 g/mol. The molecule has 1 heterocycles. The van der Waals surface area contributed by atoms with Crippen molar-refractivity contribution in [2.24, 2.45) is 5.41 Å². The van der Waals surface area contributed by atoms with E-state index in [1.807, 2.05) is 30.3 Å². The van der Waals surface area contributed by atoms with Gasteiger partial charge < -0.3 is 4.74 Å². The lowest BCUT2D eigenvalue weighted by Crippen LogP contribution is -2.12. The molecule has 1 aromatic carbocycles. The highest BCUT2D eigenvalue weighted by atomic mass is 16.5. The van der Waals surface area contributed by atoms with Crippen LogP contribution < -0.4 is 4.74 Å². The number of fused-ring (bicyclic) bond motifs is 1. The van der Waals surface area contributed by atoms with E-state index in [4.69, 9.17) is 10.00 Å². The van der Waals surface area contributed by atoms with Crippen molar-refractivity contribution in [1.82, 2.24) is 4.98 Å². The minimum atomic E-state index is 0.119. The summed E-state index contributed by atoms with van der Waals surface area (Å²) in [4.78, 5) is 4.31. The topological polar surface area (TPSA) is 45.9 Å². The summed E-state index contributed by atoms with van der Waals surface area (Å²) in [5.41, 5.74) is 1.06. The first-order chi connectivity index (χ1) is 8.81. The van der Waals surface area contributed by atoms with E-state index in [-0.39, 0.29) is 5.41 Å². The summed E-state index contributed by atoms with van der Waals surface area (Å²) in [7, 11) is 0. The number of nitrogens with zero attached hydrogens (tertiary/aromatic N) is 2. The summed E-state index contributed by atoms with van der Waals surface area (Å²) in [6.45, 7) is 0.638. The fourth-order valence-electron chi connectivity index (χ4n) is 2.09. The van der Waals surface area contributed by atoms with Gasteiger partial charge in [0.25, 0.3) is 0 Å². The van der Waals surface area contributed by atoms with Crippen molar-refractivity contribution in [3.05, 3.63) is 36.5 Å². The minimum Gasteiger partial charge on any atom is -0.493 e. The second-order valence-corrected chi connectivity index (χ2v) is 4.98. The van der Waals surface area contributed by atoms with E-state index in [2.05, 4.69) is 11.1 Å². The molecule has 0 saturated heterocycles. The number of benzene rings is 1. The number of rotatable bonds is 4. The SMILES string of the molecule is N#CCC1(COc2ccc3cccnc3c2)CC1. The van der Waals surface area contributed by atoms with Crippen molar-refractivity contribution in [3.63, 3.8) is 0 Å². The van der Waals surface area contributed by atoms with Crippen molar-refractivity contribution in [3.8, 4) is 11.8 Å². The van der Waals surface area contributed by atoms with E-state index in [1.165, 1.54) is 0 Å². The molecule has 18 heavy (non-hydrogen) atoms. The number of hydrogen-bond donors (Lipinski definition) is 0. The van der Waals surface area contributed by atoms with Gasteiger partial charge in [0.1, 0.15) is 5.75 Å². The summed E-state index contributed by atoms with van der Waals surface area (Å²) in [6, 6.07) is 12.1. The standard InChI is InChI=1S/C15H14N2O/c16-8-7-15(5-6-15)11-18-13-4-3-12-2-1-9-17-14(12)10-13/h1-4,9-10H,5-7,11H2. The molecule has 0 atom stereocenters. The third kappa shape index (κ3) is 2.14. The van der Waals surface area contributed by atoms with Gasteiger partial charge in [-0.1, -0.05) is 6.07 Å². The van der Waals surface area contributed by atoms with Crippen LogP contribution in [0.15, 0.2) is 36.5 Å². The van der Waals surface area contributed by atoms with Crippen LogP contribution in [0.2, 0.25) is 0 Å². The smallest absolute Gasteiger partial charge is 0.121 e. The van der Waals surface area contributed by atoms with Crippen LogP contribution in [-0.4, -0.2) is 11.6 Å². The molecule has 1 fully saturated rings. The highest BCUT2D eigenvalue weighted by Crippen LogP contribution is 2.48. The normalized spacial score (nSPS) is 16.2. The summed E-state index contributed by atoms with van der Waals surface area (Å²) in [6.07, 6.45) is 4.59. The van der Waals surface area contributed by atoms with E-state index >= 15 is 0 Å². The Balaban J connectivity index is 1.73. The van der Waals surface area contributed by atoms with E-state index in [9.17, 15) is 0 Å². The van der Waals surface area contributed by atoms with Gasteiger partial charge in [-0.15, -0.1) is 0 Å². The van der Waals surface area contributed by atoms with E-state index < -0.39 is 0 Å². The highest BCUT2D eigenvalue weighted by molar-refractivity contribution is 5.79. The first-order valence-electron chi connectivity index (χ1n) is 6.16. The lowest BCUT2D eigenvalue weighted by atomic mass is 10.1. The molecule has 0 aliphatic heterocycles. The average Bonchev–Trinajstić information content (AvgIpc) is 3.17. The molecule has 3 heteroatoms. The Kier molecular flexibility index (Phi) is 2.64. The van der Waals surface area contributed by atoms with Crippen molar-refractivity contribution >= 4 is 10.9 Å². The monoisotopic (exact) mass is 238 g/mol. The van der Waals surface area contributed by atoms with Gasteiger partial charge in [0.2, 0.25) is 0 Å². The number of nitriles is 1. The molecule has 3 rings (SSSR count). The fourth-order valence-corrected chi connectivity index (χ4v) is 2.09. The van der Waals surface area contributed by atoms with Crippen LogP contribution in [0, 0.1) is 16.7 Å². The Morgan fingerprint density at radius 1 is 1.33 bits per heavy atom. The molecule has 0 unspecified atom stereocenters. The predicted molar refractivity (Wildman–Crippen MR) is 69.1 cm³/mol. The van der Waals surface area contributed by atoms with Crippen molar-refractivity contribution in [2.75, 3.05) is 6.61 Å². The molecular formula is C15H14N2O. The second kappa shape index (κ2) is 4.30. The number of pyridine rings is 1. The molecule has 0 bridgehead atoms. The zero-order valence-electron chi connectivity index (χ0n) is 10.1. The first kappa shape index (κ1) is 11.0. The van der Waals surface area contributed by atoms with Crippen LogP contribution in [0.4, 0.5) is 0 Å². The van der Waals surface area contributed by atoms with Crippen LogP contribution in [0.1, 0.15) is 19.3 Å². The maximum Gasteiger partial charge on any atom is 0.121 e. The third-order valence-electron chi connectivity index (χ3n) is 3.53. The first-order valence-corrected chi connectivity index (χ1v) is 6.16.